The van der Waals surface area contributed by atoms with Crippen LogP contribution >= 0.6 is 11.3 Å². The van der Waals surface area contributed by atoms with Gasteiger partial charge in [-0.15, -0.1) is 11.3 Å². The molecule has 7 heteroatoms. The first-order chi connectivity index (χ1) is 10.5. The fraction of sp³-hybridized carbons (Fsp3) is 0.400. The van der Waals surface area contributed by atoms with E-state index in [2.05, 4.69) is 10.9 Å². The molecule has 2 atom stereocenters. The van der Waals surface area contributed by atoms with Gasteiger partial charge in [0, 0.05) is 10.3 Å². The fourth-order valence-electron chi connectivity index (χ4n) is 2.35. The molecule has 3 N–H and O–H groups in total. The van der Waals surface area contributed by atoms with Gasteiger partial charge in [0.05, 0.1) is 17.4 Å². The Kier molecular flexibility index (Phi) is 5.32. The smallest absolute Gasteiger partial charge is 0.307 e. The lowest BCUT2D eigenvalue weighted by molar-refractivity contribution is -0.147. The topological polar surface area (TPSA) is 95.5 Å². The van der Waals surface area contributed by atoms with Crippen molar-refractivity contribution in [3.63, 3.8) is 0 Å². The molecule has 1 aromatic heterocycles. The Morgan fingerprint density at radius 2 is 1.91 bits per heavy atom. The van der Waals surface area contributed by atoms with Crippen molar-refractivity contribution in [1.82, 2.24) is 10.9 Å². The second kappa shape index (κ2) is 7.22. The van der Waals surface area contributed by atoms with E-state index in [1.807, 2.05) is 6.92 Å². The molecule has 0 bridgehead atoms. The Morgan fingerprint density at radius 1 is 1.23 bits per heavy atom. The maximum Gasteiger partial charge on any atom is 0.307 e. The summed E-state index contributed by atoms with van der Waals surface area (Å²) in [6.07, 6.45) is 5.08. The van der Waals surface area contributed by atoms with Crippen LogP contribution in [0.5, 0.6) is 0 Å². The number of hydrazine groups is 1. The molecule has 0 radical (unpaired) electrons. The van der Waals surface area contributed by atoms with E-state index in [-0.39, 0.29) is 0 Å². The van der Waals surface area contributed by atoms with Crippen LogP contribution in [0.4, 0.5) is 0 Å². The van der Waals surface area contributed by atoms with Crippen LogP contribution in [-0.4, -0.2) is 22.9 Å². The van der Waals surface area contributed by atoms with Gasteiger partial charge >= 0.3 is 5.97 Å². The van der Waals surface area contributed by atoms with Gasteiger partial charge in [-0.05, 0) is 25.3 Å². The van der Waals surface area contributed by atoms with Gasteiger partial charge in [0.25, 0.3) is 5.91 Å². The standard InChI is InChI=1S/C15H18N2O4S/c1-2-10-7-9(8-22-10)13(18)16-17-14(19)11-5-3-4-6-12(11)15(20)21/h3-4,7-8,11-12H,2,5-6H2,1H3,(H,16,18)(H,17,19)(H,20,21)/t11-,12-/m1/s1. The van der Waals surface area contributed by atoms with E-state index in [0.29, 0.717) is 18.4 Å². The molecule has 22 heavy (non-hydrogen) atoms. The molecule has 0 spiro atoms. The summed E-state index contributed by atoms with van der Waals surface area (Å²) in [7, 11) is 0. The average molecular weight is 322 g/mol. The van der Waals surface area contributed by atoms with E-state index in [0.717, 1.165) is 11.3 Å². The molecule has 0 saturated carbocycles. The number of rotatable bonds is 4. The fourth-order valence-corrected chi connectivity index (χ4v) is 3.16. The Labute approximate surface area is 132 Å². The lowest BCUT2D eigenvalue weighted by Crippen LogP contribution is -2.47. The monoisotopic (exact) mass is 322 g/mol. The zero-order valence-electron chi connectivity index (χ0n) is 12.2. The molecule has 2 rings (SSSR count). The molecular formula is C15H18N2O4S. The van der Waals surface area contributed by atoms with Gasteiger partial charge in [0.1, 0.15) is 0 Å². The maximum absolute atomic E-state index is 12.1. The quantitative estimate of drug-likeness (QED) is 0.581. The minimum atomic E-state index is -0.999. The maximum atomic E-state index is 12.1. The number of aryl methyl sites for hydroxylation is 1. The minimum absolute atomic E-state index is 0.325. The molecule has 1 aromatic rings. The van der Waals surface area contributed by atoms with E-state index in [9.17, 15) is 14.4 Å². The molecule has 118 valence electrons. The number of nitrogens with one attached hydrogen (secondary N) is 2. The molecule has 0 fully saturated rings. The molecule has 0 aromatic carbocycles. The van der Waals surface area contributed by atoms with E-state index in [1.165, 1.54) is 11.3 Å². The summed E-state index contributed by atoms with van der Waals surface area (Å²) in [5.74, 6) is -3.30. The van der Waals surface area contributed by atoms with E-state index >= 15 is 0 Å². The molecule has 1 aliphatic carbocycles. The van der Waals surface area contributed by atoms with E-state index in [4.69, 9.17) is 5.11 Å². The first-order valence-corrected chi connectivity index (χ1v) is 7.96. The summed E-state index contributed by atoms with van der Waals surface area (Å²) in [4.78, 5) is 36.3. The number of carbonyl (C=O) groups excluding carboxylic acids is 2. The molecule has 1 aliphatic rings. The number of allylic oxidation sites excluding steroid dienone is 2. The summed E-state index contributed by atoms with van der Waals surface area (Å²) >= 11 is 1.48. The third-order valence-corrected chi connectivity index (χ3v) is 4.73. The van der Waals surface area contributed by atoms with Crippen molar-refractivity contribution in [2.24, 2.45) is 11.8 Å². The van der Waals surface area contributed by atoms with Crippen LogP contribution in [0.3, 0.4) is 0 Å². The normalized spacial score (nSPS) is 20.4. The molecule has 6 nitrogen and oxygen atoms in total. The zero-order chi connectivity index (χ0) is 16.1. The van der Waals surface area contributed by atoms with Crippen LogP contribution in [-0.2, 0) is 16.0 Å². The van der Waals surface area contributed by atoms with Crippen molar-refractivity contribution in [2.45, 2.75) is 26.2 Å². The van der Waals surface area contributed by atoms with Crippen LogP contribution in [0.1, 0.15) is 35.0 Å². The Balaban J connectivity index is 1.92. The number of hydrogen-bond donors (Lipinski definition) is 3. The van der Waals surface area contributed by atoms with Gasteiger partial charge in [-0.3, -0.25) is 25.2 Å². The summed E-state index contributed by atoms with van der Waals surface area (Å²) in [5, 5.41) is 10.9. The van der Waals surface area contributed by atoms with Gasteiger partial charge in [-0.2, -0.15) is 0 Å². The third kappa shape index (κ3) is 3.73. The Morgan fingerprint density at radius 3 is 2.50 bits per heavy atom. The van der Waals surface area contributed by atoms with Crippen LogP contribution in [0.2, 0.25) is 0 Å². The number of carboxylic acid groups (broad SMARTS) is 1. The van der Waals surface area contributed by atoms with Crippen molar-refractivity contribution in [1.29, 1.82) is 0 Å². The van der Waals surface area contributed by atoms with Gasteiger partial charge < -0.3 is 5.11 Å². The van der Waals surface area contributed by atoms with Crippen molar-refractivity contribution in [2.75, 3.05) is 0 Å². The highest BCUT2D eigenvalue weighted by atomic mass is 32.1. The highest BCUT2D eigenvalue weighted by Gasteiger charge is 2.34. The summed E-state index contributed by atoms with van der Waals surface area (Å²) < 4.78 is 0. The molecule has 1 heterocycles. The SMILES string of the molecule is CCc1cc(C(=O)NNC(=O)[C@@H]2CC=CC[C@H]2C(=O)O)cs1. The molecule has 2 amide bonds. The summed E-state index contributed by atoms with van der Waals surface area (Å²) in [5.41, 5.74) is 5.16. The largest absolute Gasteiger partial charge is 0.481 e. The summed E-state index contributed by atoms with van der Waals surface area (Å²) in [6.45, 7) is 2.00. The Bertz CT molecular complexity index is 608. The van der Waals surface area contributed by atoms with E-state index < -0.39 is 29.6 Å². The van der Waals surface area contributed by atoms with Crippen LogP contribution in [0.25, 0.3) is 0 Å². The minimum Gasteiger partial charge on any atom is -0.481 e. The molecule has 0 unspecified atom stereocenters. The Hall–Kier alpha value is -2.15. The number of amides is 2. The number of aliphatic carboxylic acids is 1. The third-order valence-electron chi connectivity index (χ3n) is 3.65. The van der Waals surface area contributed by atoms with Crippen molar-refractivity contribution >= 4 is 29.1 Å². The first-order valence-electron chi connectivity index (χ1n) is 7.08. The number of carbonyl (C=O) groups is 3. The number of hydrogen-bond acceptors (Lipinski definition) is 4. The van der Waals surface area contributed by atoms with Gasteiger partial charge in [0.2, 0.25) is 5.91 Å². The number of carboxylic acids is 1. The van der Waals surface area contributed by atoms with Crippen LogP contribution < -0.4 is 10.9 Å². The lowest BCUT2D eigenvalue weighted by Gasteiger charge is -2.24. The van der Waals surface area contributed by atoms with Crippen LogP contribution in [0.15, 0.2) is 23.6 Å². The molecule has 0 aliphatic heterocycles. The van der Waals surface area contributed by atoms with Gasteiger partial charge in [-0.1, -0.05) is 19.1 Å². The predicted molar refractivity (Wildman–Crippen MR) is 82.3 cm³/mol. The summed E-state index contributed by atoms with van der Waals surface area (Å²) in [6, 6.07) is 1.77. The van der Waals surface area contributed by atoms with Crippen molar-refractivity contribution < 1.29 is 19.5 Å². The first kappa shape index (κ1) is 16.2. The lowest BCUT2D eigenvalue weighted by atomic mass is 9.82. The predicted octanol–water partition coefficient (Wildman–Crippen LogP) is 1.74. The average Bonchev–Trinajstić information content (AvgIpc) is 3.01. The number of thiophene rings is 1. The highest BCUT2D eigenvalue weighted by Crippen LogP contribution is 2.25. The molecule has 0 saturated heterocycles. The van der Waals surface area contributed by atoms with Crippen LogP contribution in [0, 0.1) is 11.8 Å². The molecular weight excluding hydrogens is 304 g/mol. The van der Waals surface area contributed by atoms with E-state index in [1.54, 1.807) is 23.6 Å². The zero-order valence-corrected chi connectivity index (χ0v) is 13.0. The van der Waals surface area contributed by atoms with Gasteiger partial charge in [0.15, 0.2) is 0 Å². The van der Waals surface area contributed by atoms with Crippen molar-refractivity contribution in [3.05, 3.63) is 34.0 Å². The second-order valence-corrected chi connectivity index (χ2v) is 6.09. The second-order valence-electron chi connectivity index (χ2n) is 5.09. The highest BCUT2D eigenvalue weighted by molar-refractivity contribution is 7.10. The van der Waals surface area contributed by atoms with Crippen molar-refractivity contribution in [3.8, 4) is 0 Å². The van der Waals surface area contributed by atoms with Gasteiger partial charge in [-0.25, -0.2) is 0 Å².